The molecule has 22 heavy (non-hydrogen) atoms. The first kappa shape index (κ1) is 24.5. The predicted molar refractivity (Wildman–Crippen MR) is 106 cm³/mol. The van der Waals surface area contributed by atoms with Crippen LogP contribution in [0.4, 0.5) is 0 Å². The van der Waals surface area contributed by atoms with Crippen LogP contribution in [0.15, 0.2) is 0 Å². The van der Waals surface area contributed by atoms with Crippen molar-refractivity contribution in [1.29, 1.82) is 0 Å². The lowest BCUT2D eigenvalue weighted by molar-refractivity contribution is 0.350. The molecule has 2 nitrogen and oxygen atoms in total. The van der Waals surface area contributed by atoms with E-state index in [0.717, 1.165) is 0 Å². The molecule has 0 saturated carbocycles. The van der Waals surface area contributed by atoms with E-state index in [-0.39, 0.29) is 6.61 Å². The van der Waals surface area contributed by atoms with Gasteiger partial charge in [-0.1, -0.05) is 53.4 Å². The van der Waals surface area contributed by atoms with Crippen LogP contribution in [-0.4, -0.2) is 34.2 Å². The summed E-state index contributed by atoms with van der Waals surface area (Å²) in [6.45, 7) is 23.2. The highest BCUT2D eigenvalue weighted by molar-refractivity contribution is 6.87. The summed E-state index contributed by atoms with van der Waals surface area (Å²) in [5.41, 5.74) is 0. The molecule has 0 aromatic heterocycles. The van der Waals surface area contributed by atoms with Crippen molar-refractivity contribution in [1.82, 2.24) is 0 Å². The van der Waals surface area contributed by atoms with Gasteiger partial charge in [0.05, 0.1) is 0 Å². The summed E-state index contributed by atoms with van der Waals surface area (Å²) >= 11 is 5.25. The Kier molecular flexibility index (Phi) is 10.5. The van der Waals surface area contributed by atoms with Gasteiger partial charge in [-0.3, -0.25) is 0 Å². The Morgan fingerprint density at radius 1 is 0.864 bits per heavy atom. The van der Waals surface area contributed by atoms with E-state index in [1.54, 1.807) is 0 Å². The number of alkyl halides is 1. The lowest BCUT2D eigenvalue weighted by atomic mass is 10.2. The van der Waals surface area contributed by atoms with Crippen LogP contribution < -0.4 is 0 Å². The molecule has 0 amide bonds. The summed E-state index contributed by atoms with van der Waals surface area (Å²) in [7, 11) is -3.18. The second-order valence-corrected chi connectivity index (χ2v) is 18.8. The van der Waals surface area contributed by atoms with Gasteiger partial charge in [0.15, 0.2) is 16.6 Å². The highest BCUT2D eigenvalue weighted by atomic mass is 35.5. The van der Waals surface area contributed by atoms with Crippen molar-refractivity contribution in [2.45, 2.75) is 84.2 Å². The Bertz CT molecular complexity index is 345. The third-order valence-electron chi connectivity index (χ3n) is 4.55. The fourth-order valence-corrected chi connectivity index (χ4v) is 8.78. The zero-order chi connectivity index (χ0) is 18.2. The number of aliphatic hydroxyl groups excluding tert-OH is 1. The van der Waals surface area contributed by atoms with Crippen LogP contribution in [0.3, 0.4) is 0 Å². The minimum atomic E-state index is -1.59. The van der Waals surface area contributed by atoms with Crippen LogP contribution in [0.2, 0.25) is 36.3 Å². The topological polar surface area (TPSA) is 29.5 Å². The monoisotopic (exact) mass is 364 g/mol. The molecule has 0 aromatic rings. The third-order valence-corrected chi connectivity index (χ3v) is 16.0. The lowest BCUT2D eigenvalue weighted by Gasteiger charge is -2.47. The molecular formula is C17H37ClO2Si2. The minimum Gasteiger partial charge on any atom is -0.455 e. The van der Waals surface area contributed by atoms with Crippen LogP contribution in [0.5, 0.6) is 0 Å². The molecule has 0 aromatic carbocycles. The number of aliphatic hydroxyl groups is 1. The number of halogens is 1. The summed E-state index contributed by atoms with van der Waals surface area (Å²) < 4.78 is 6.63. The van der Waals surface area contributed by atoms with Crippen molar-refractivity contribution in [2.24, 2.45) is 0 Å². The van der Waals surface area contributed by atoms with Gasteiger partial charge in [-0.25, -0.2) is 0 Å². The smallest absolute Gasteiger partial charge is 0.178 e. The standard InChI is InChI=1S/C12H30OSi2.C5H7ClO/c1-11(2,3)14(7,8)13-15(9,10)12(4,5)6;6-4-2-1-3-5-7/h1-10H3;7H,2,4-5H2. The lowest BCUT2D eigenvalue weighted by Crippen LogP contribution is -2.53. The Hall–Kier alpha value is 0.204. The molecule has 0 spiro atoms. The van der Waals surface area contributed by atoms with Gasteiger partial charge in [0.25, 0.3) is 0 Å². The third kappa shape index (κ3) is 9.37. The fraction of sp³-hybridized carbons (Fsp3) is 0.882. The first-order chi connectivity index (χ1) is 9.62. The number of hydrogen-bond donors (Lipinski definition) is 1. The summed E-state index contributed by atoms with van der Waals surface area (Å²) in [6, 6.07) is 0. The van der Waals surface area contributed by atoms with E-state index in [4.69, 9.17) is 20.8 Å². The maximum absolute atomic E-state index is 8.08. The van der Waals surface area contributed by atoms with Crippen LogP contribution in [0, 0.1) is 11.8 Å². The molecular weight excluding hydrogens is 328 g/mol. The molecule has 0 heterocycles. The zero-order valence-corrected chi connectivity index (χ0v) is 19.1. The van der Waals surface area contributed by atoms with Gasteiger partial charge in [-0.15, -0.1) is 11.6 Å². The van der Waals surface area contributed by atoms with E-state index >= 15 is 0 Å². The predicted octanol–water partition coefficient (Wildman–Crippen LogP) is 5.62. The van der Waals surface area contributed by atoms with Crippen molar-refractivity contribution < 1.29 is 9.22 Å². The van der Waals surface area contributed by atoms with Gasteiger partial charge < -0.3 is 9.22 Å². The average Bonchev–Trinajstić information content (AvgIpc) is 2.26. The van der Waals surface area contributed by atoms with Crippen LogP contribution in [0.1, 0.15) is 48.0 Å². The summed E-state index contributed by atoms with van der Waals surface area (Å²) in [5.74, 6) is 5.67. The molecule has 0 fully saturated rings. The van der Waals surface area contributed by atoms with E-state index in [1.807, 2.05) is 0 Å². The Labute approximate surface area is 146 Å². The first-order valence-corrected chi connectivity index (χ1v) is 14.3. The second-order valence-electron chi connectivity index (χ2n) is 8.57. The summed E-state index contributed by atoms with van der Waals surface area (Å²) in [4.78, 5) is 0. The van der Waals surface area contributed by atoms with Crippen molar-refractivity contribution >= 4 is 28.2 Å². The van der Waals surface area contributed by atoms with E-state index in [0.29, 0.717) is 22.4 Å². The first-order valence-electron chi connectivity index (χ1n) is 7.95. The molecule has 0 bridgehead atoms. The van der Waals surface area contributed by atoms with Crippen molar-refractivity contribution in [3.8, 4) is 11.8 Å². The molecule has 0 aliphatic heterocycles. The van der Waals surface area contributed by atoms with Gasteiger partial charge in [0.1, 0.15) is 6.61 Å². The SMILES string of the molecule is CC(C)(C)[Si](C)(C)O[Si](C)(C)C(C)(C)C.OCC#CCCCl. The molecule has 0 rings (SSSR count). The molecule has 0 radical (unpaired) electrons. The normalized spacial score (nSPS) is 12.9. The fourth-order valence-electron chi connectivity index (χ4n) is 1.14. The molecule has 132 valence electrons. The van der Waals surface area contributed by atoms with Crippen molar-refractivity contribution in [2.75, 3.05) is 12.5 Å². The molecule has 1 N–H and O–H groups in total. The Balaban J connectivity index is 0. The Morgan fingerprint density at radius 2 is 1.23 bits per heavy atom. The molecule has 0 unspecified atom stereocenters. The summed E-state index contributed by atoms with van der Waals surface area (Å²) in [5, 5.41) is 8.72. The maximum atomic E-state index is 8.08. The van der Waals surface area contributed by atoms with Gasteiger partial charge >= 0.3 is 0 Å². The van der Waals surface area contributed by atoms with Gasteiger partial charge in [-0.2, -0.15) is 0 Å². The molecule has 0 atom stereocenters. The van der Waals surface area contributed by atoms with E-state index in [9.17, 15) is 0 Å². The number of hydrogen-bond acceptors (Lipinski definition) is 2. The van der Waals surface area contributed by atoms with Crippen LogP contribution in [-0.2, 0) is 4.12 Å². The Morgan fingerprint density at radius 3 is 1.45 bits per heavy atom. The molecule has 0 aliphatic carbocycles. The van der Waals surface area contributed by atoms with Gasteiger partial charge in [-0.05, 0) is 36.3 Å². The number of rotatable bonds is 3. The minimum absolute atomic E-state index is 0.0586. The average molecular weight is 365 g/mol. The molecule has 0 saturated heterocycles. The highest BCUT2D eigenvalue weighted by Gasteiger charge is 2.46. The van der Waals surface area contributed by atoms with Crippen molar-refractivity contribution in [3.05, 3.63) is 0 Å². The molecule has 5 heteroatoms. The van der Waals surface area contributed by atoms with Crippen LogP contribution in [0.25, 0.3) is 0 Å². The quantitative estimate of drug-likeness (QED) is 0.399. The van der Waals surface area contributed by atoms with E-state index in [2.05, 4.69) is 79.6 Å². The van der Waals surface area contributed by atoms with E-state index in [1.165, 1.54) is 0 Å². The van der Waals surface area contributed by atoms with Crippen LogP contribution >= 0.6 is 11.6 Å². The second kappa shape index (κ2) is 9.49. The molecule has 0 aliphatic rings. The van der Waals surface area contributed by atoms with Gasteiger partial charge in [0.2, 0.25) is 0 Å². The largest absolute Gasteiger partial charge is 0.455 e. The maximum Gasteiger partial charge on any atom is 0.178 e. The van der Waals surface area contributed by atoms with Crippen molar-refractivity contribution in [3.63, 3.8) is 0 Å². The van der Waals surface area contributed by atoms with E-state index < -0.39 is 16.6 Å². The van der Waals surface area contributed by atoms with Gasteiger partial charge in [0, 0.05) is 12.3 Å². The highest BCUT2D eigenvalue weighted by Crippen LogP contribution is 2.44. The zero-order valence-electron chi connectivity index (χ0n) is 16.4. The summed E-state index contributed by atoms with van der Waals surface area (Å²) in [6.07, 6.45) is 0.669.